The molecule has 0 saturated carbocycles. The Labute approximate surface area is 75.6 Å². The van der Waals surface area contributed by atoms with Gasteiger partial charge in [-0.1, -0.05) is 6.92 Å². The zero-order chi connectivity index (χ0) is 9.40. The average molecular weight is 175 g/mol. The van der Waals surface area contributed by atoms with E-state index >= 15 is 0 Å². The van der Waals surface area contributed by atoms with E-state index in [1.165, 1.54) is 0 Å². The highest BCUT2D eigenvalue weighted by atomic mass is 16.5. The van der Waals surface area contributed by atoms with E-state index in [9.17, 15) is 0 Å². The summed E-state index contributed by atoms with van der Waals surface area (Å²) in [6.45, 7) is 4.51. The zero-order valence-corrected chi connectivity index (χ0v) is 8.67. The van der Waals surface area contributed by atoms with Crippen LogP contribution in [0.2, 0.25) is 0 Å². The SMILES string of the molecule is CCC(CN(C)C)OCCOC. The molecule has 0 N–H and O–H groups in total. The molecule has 0 aromatic heterocycles. The predicted molar refractivity (Wildman–Crippen MR) is 50.5 cm³/mol. The van der Waals surface area contributed by atoms with E-state index in [2.05, 4.69) is 25.9 Å². The van der Waals surface area contributed by atoms with Crippen molar-refractivity contribution in [3.8, 4) is 0 Å². The maximum absolute atomic E-state index is 5.58. The molecule has 0 bridgehead atoms. The largest absolute Gasteiger partial charge is 0.382 e. The van der Waals surface area contributed by atoms with E-state index in [0.29, 0.717) is 19.3 Å². The number of hydrogen-bond donors (Lipinski definition) is 0. The first-order valence-corrected chi connectivity index (χ1v) is 4.46. The van der Waals surface area contributed by atoms with Gasteiger partial charge < -0.3 is 14.4 Å². The van der Waals surface area contributed by atoms with Crippen molar-refractivity contribution in [1.82, 2.24) is 4.90 Å². The van der Waals surface area contributed by atoms with E-state index in [4.69, 9.17) is 9.47 Å². The Kier molecular flexibility index (Phi) is 7.45. The van der Waals surface area contributed by atoms with Crippen LogP contribution in [0.5, 0.6) is 0 Å². The van der Waals surface area contributed by atoms with Gasteiger partial charge in [0.15, 0.2) is 0 Å². The smallest absolute Gasteiger partial charge is 0.0704 e. The summed E-state index contributed by atoms with van der Waals surface area (Å²) in [5.41, 5.74) is 0. The van der Waals surface area contributed by atoms with E-state index in [-0.39, 0.29) is 0 Å². The molecule has 0 rings (SSSR count). The summed E-state index contributed by atoms with van der Waals surface area (Å²) in [7, 11) is 5.81. The lowest BCUT2D eigenvalue weighted by Gasteiger charge is -2.19. The minimum absolute atomic E-state index is 0.343. The summed E-state index contributed by atoms with van der Waals surface area (Å²) in [5.74, 6) is 0. The monoisotopic (exact) mass is 175 g/mol. The lowest BCUT2D eigenvalue weighted by molar-refractivity contribution is 0.00421. The van der Waals surface area contributed by atoms with Crippen LogP contribution in [0.3, 0.4) is 0 Å². The van der Waals surface area contributed by atoms with Gasteiger partial charge in [0.2, 0.25) is 0 Å². The molecule has 0 saturated heterocycles. The summed E-state index contributed by atoms with van der Waals surface area (Å²) in [6.07, 6.45) is 1.40. The van der Waals surface area contributed by atoms with Crippen molar-refractivity contribution in [3.05, 3.63) is 0 Å². The lowest BCUT2D eigenvalue weighted by Crippen LogP contribution is -2.28. The van der Waals surface area contributed by atoms with Gasteiger partial charge in [-0.15, -0.1) is 0 Å². The number of nitrogens with zero attached hydrogens (tertiary/aromatic N) is 1. The van der Waals surface area contributed by atoms with Crippen molar-refractivity contribution in [2.45, 2.75) is 19.4 Å². The molecule has 0 heterocycles. The second-order valence-corrected chi connectivity index (χ2v) is 3.16. The van der Waals surface area contributed by atoms with E-state index in [0.717, 1.165) is 13.0 Å². The Morgan fingerprint density at radius 3 is 2.33 bits per heavy atom. The number of hydrogen-bond acceptors (Lipinski definition) is 3. The first-order valence-electron chi connectivity index (χ1n) is 4.46. The van der Waals surface area contributed by atoms with E-state index in [1.54, 1.807) is 7.11 Å². The summed E-state index contributed by atoms with van der Waals surface area (Å²) < 4.78 is 10.5. The molecule has 0 radical (unpaired) electrons. The Morgan fingerprint density at radius 2 is 1.92 bits per heavy atom. The van der Waals surface area contributed by atoms with Crippen LogP contribution in [0, 0.1) is 0 Å². The molecular formula is C9H21NO2. The van der Waals surface area contributed by atoms with Gasteiger partial charge in [0, 0.05) is 13.7 Å². The van der Waals surface area contributed by atoms with Gasteiger partial charge in [-0.3, -0.25) is 0 Å². The van der Waals surface area contributed by atoms with Crippen molar-refractivity contribution < 1.29 is 9.47 Å². The molecule has 1 unspecified atom stereocenters. The molecular weight excluding hydrogens is 154 g/mol. The third-order valence-electron chi connectivity index (χ3n) is 1.67. The average Bonchev–Trinajstić information content (AvgIpc) is 2.02. The van der Waals surface area contributed by atoms with Gasteiger partial charge in [0.25, 0.3) is 0 Å². The lowest BCUT2D eigenvalue weighted by atomic mass is 10.2. The van der Waals surface area contributed by atoms with Crippen LogP contribution < -0.4 is 0 Å². The first kappa shape index (κ1) is 11.9. The van der Waals surface area contributed by atoms with Crippen LogP contribution in [-0.2, 0) is 9.47 Å². The first-order chi connectivity index (χ1) is 5.70. The summed E-state index contributed by atoms with van der Waals surface area (Å²) >= 11 is 0. The van der Waals surface area contributed by atoms with Crippen molar-refractivity contribution >= 4 is 0 Å². The number of rotatable bonds is 7. The molecule has 0 aliphatic rings. The molecule has 0 aliphatic carbocycles. The molecule has 0 aliphatic heterocycles. The fourth-order valence-electron chi connectivity index (χ4n) is 1.01. The minimum atomic E-state index is 0.343. The van der Waals surface area contributed by atoms with Crippen LogP contribution in [0.25, 0.3) is 0 Å². The molecule has 0 aromatic rings. The predicted octanol–water partition coefficient (Wildman–Crippen LogP) is 0.990. The molecule has 0 fully saturated rings. The highest BCUT2D eigenvalue weighted by Gasteiger charge is 2.06. The van der Waals surface area contributed by atoms with Gasteiger partial charge in [0.1, 0.15) is 0 Å². The van der Waals surface area contributed by atoms with Gasteiger partial charge in [-0.25, -0.2) is 0 Å². The van der Waals surface area contributed by atoms with Gasteiger partial charge in [-0.05, 0) is 20.5 Å². The molecule has 74 valence electrons. The standard InChI is InChI=1S/C9H21NO2/c1-5-9(8-10(2)3)12-7-6-11-4/h9H,5-8H2,1-4H3. The molecule has 1 atom stereocenters. The Hall–Kier alpha value is -0.120. The second kappa shape index (κ2) is 7.53. The maximum atomic E-state index is 5.58. The fraction of sp³-hybridized carbons (Fsp3) is 1.00. The summed E-state index contributed by atoms with van der Waals surface area (Å²) in [6, 6.07) is 0. The van der Waals surface area contributed by atoms with Crippen molar-refractivity contribution in [1.29, 1.82) is 0 Å². The van der Waals surface area contributed by atoms with Crippen molar-refractivity contribution in [2.24, 2.45) is 0 Å². The van der Waals surface area contributed by atoms with E-state index in [1.807, 2.05) is 0 Å². The van der Waals surface area contributed by atoms with Crippen LogP contribution in [0.4, 0.5) is 0 Å². The zero-order valence-electron chi connectivity index (χ0n) is 8.67. The normalized spacial score (nSPS) is 13.8. The highest BCUT2D eigenvalue weighted by molar-refractivity contribution is 4.58. The van der Waals surface area contributed by atoms with Gasteiger partial charge in [0.05, 0.1) is 19.3 Å². The van der Waals surface area contributed by atoms with Crippen molar-refractivity contribution in [2.75, 3.05) is 41.0 Å². The summed E-state index contributed by atoms with van der Waals surface area (Å²) in [4.78, 5) is 2.14. The highest BCUT2D eigenvalue weighted by Crippen LogP contribution is 1.98. The fourth-order valence-corrected chi connectivity index (χ4v) is 1.01. The third kappa shape index (κ3) is 6.58. The van der Waals surface area contributed by atoms with E-state index < -0.39 is 0 Å². The quantitative estimate of drug-likeness (QED) is 0.539. The van der Waals surface area contributed by atoms with Crippen molar-refractivity contribution in [3.63, 3.8) is 0 Å². The topological polar surface area (TPSA) is 21.7 Å². The minimum Gasteiger partial charge on any atom is -0.382 e. The Balaban J connectivity index is 3.39. The molecule has 0 amide bonds. The molecule has 12 heavy (non-hydrogen) atoms. The maximum Gasteiger partial charge on any atom is 0.0704 e. The Morgan fingerprint density at radius 1 is 1.25 bits per heavy atom. The van der Waals surface area contributed by atoms with Gasteiger partial charge >= 0.3 is 0 Å². The van der Waals surface area contributed by atoms with Crippen LogP contribution in [0.15, 0.2) is 0 Å². The molecule has 3 heteroatoms. The number of likely N-dealkylation sites (N-methyl/N-ethyl adjacent to an activating group) is 1. The van der Waals surface area contributed by atoms with Gasteiger partial charge in [-0.2, -0.15) is 0 Å². The van der Waals surface area contributed by atoms with Crippen LogP contribution in [0.1, 0.15) is 13.3 Å². The van der Waals surface area contributed by atoms with Crippen LogP contribution in [-0.4, -0.2) is 52.0 Å². The molecule has 3 nitrogen and oxygen atoms in total. The molecule has 0 aromatic carbocycles. The Bertz CT molecular complexity index is 96.5. The third-order valence-corrected chi connectivity index (χ3v) is 1.67. The van der Waals surface area contributed by atoms with Crippen LogP contribution >= 0.6 is 0 Å². The molecule has 0 spiro atoms. The number of ether oxygens (including phenoxy) is 2. The number of methoxy groups -OCH3 is 1. The second-order valence-electron chi connectivity index (χ2n) is 3.16. The summed E-state index contributed by atoms with van der Waals surface area (Å²) in [5, 5.41) is 0.